The smallest absolute Gasteiger partial charge is 0.176 e. The van der Waals surface area contributed by atoms with Crippen LogP contribution in [0.25, 0.3) is 0 Å². The Morgan fingerprint density at radius 3 is 2.40 bits per heavy atom. The summed E-state index contributed by atoms with van der Waals surface area (Å²) in [6, 6.07) is 0. The van der Waals surface area contributed by atoms with Gasteiger partial charge in [-0.15, -0.1) is 0 Å². The Bertz CT molecular complexity index is 290. The van der Waals surface area contributed by atoms with E-state index in [0.29, 0.717) is 18.4 Å². The zero-order valence-electron chi connectivity index (χ0n) is 13.3. The first-order valence-corrected chi connectivity index (χ1v) is 7.50. The minimum absolute atomic E-state index is 0.123. The van der Waals surface area contributed by atoms with E-state index in [9.17, 15) is 5.11 Å². The van der Waals surface area contributed by atoms with Gasteiger partial charge in [-0.1, -0.05) is 20.4 Å². The van der Waals surface area contributed by atoms with Gasteiger partial charge in [0.25, 0.3) is 0 Å². The van der Waals surface area contributed by atoms with Gasteiger partial charge in [-0.25, -0.2) is 0 Å². The highest BCUT2D eigenvalue weighted by Crippen LogP contribution is 2.29. The van der Waals surface area contributed by atoms with Crippen molar-refractivity contribution in [3.8, 4) is 0 Å². The van der Waals surface area contributed by atoms with Crippen LogP contribution >= 0.6 is 0 Å². The van der Waals surface area contributed by atoms with Gasteiger partial charge in [-0.2, -0.15) is 0 Å². The average Bonchev–Trinajstić information content (AvgIpc) is 2.43. The van der Waals surface area contributed by atoms with Crippen LogP contribution in [0.15, 0.2) is 12.2 Å². The molecule has 0 spiro atoms. The fourth-order valence-electron chi connectivity index (χ4n) is 2.82. The van der Waals surface area contributed by atoms with Crippen LogP contribution in [0.2, 0.25) is 0 Å². The minimum atomic E-state index is -0.849. The molecule has 4 unspecified atom stereocenters. The van der Waals surface area contributed by atoms with Gasteiger partial charge < -0.3 is 19.3 Å². The molecule has 0 heterocycles. The third-order valence-corrected chi connectivity index (χ3v) is 3.95. The quantitative estimate of drug-likeness (QED) is 0.550. The average molecular weight is 286 g/mol. The van der Waals surface area contributed by atoms with E-state index >= 15 is 0 Å². The van der Waals surface area contributed by atoms with Crippen molar-refractivity contribution in [2.24, 2.45) is 11.8 Å². The predicted octanol–water partition coefficient (Wildman–Crippen LogP) is 2.75. The van der Waals surface area contributed by atoms with Gasteiger partial charge in [-0.05, 0) is 43.1 Å². The van der Waals surface area contributed by atoms with Crippen LogP contribution in [-0.4, -0.2) is 44.4 Å². The summed E-state index contributed by atoms with van der Waals surface area (Å²) in [6.07, 6.45) is 3.18. The second kappa shape index (κ2) is 8.78. The number of aliphatic hydroxyl groups excluding tert-OH is 1. The van der Waals surface area contributed by atoms with Crippen LogP contribution in [0, 0.1) is 11.8 Å². The second-order valence-corrected chi connectivity index (χ2v) is 6.17. The van der Waals surface area contributed by atoms with E-state index in [-0.39, 0.29) is 12.2 Å². The van der Waals surface area contributed by atoms with Gasteiger partial charge in [0, 0.05) is 14.2 Å². The molecule has 118 valence electrons. The number of ether oxygens (including phenoxy) is 3. The first-order valence-electron chi connectivity index (χ1n) is 7.50. The molecule has 1 fully saturated rings. The van der Waals surface area contributed by atoms with E-state index in [4.69, 9.17) is 14.2 Å². The maximum Gasteiger partial charge on any atom is 0.176 e. The van der Waals surface area contributed by atoms with Gasteiger partial charge in [0.1, 0.15) is 0 Å². The summed E-state index contributed by atoms with van der Waals surface area (Å²) in [6.45, 7) is 8.65. The van der Waals surface area contributed by atoms with Crippen molar-refractivity contribution in [2.75, 3.05) is 20.8 Å². The van der Waals surface area contributed by atoms with Gasteiger partial charge in [0.15, 0.2) is 6.29 Å². The molecular weight excluding hydrogens is 256 g/mol. The second-order valence-electron chi connectivity index (χ2n) is 6.17. The maximum atomic E-state index is 9.94. The van der Waals surface area contributed by atoms with E-state index in [0.717, 1.165) is 31.3 Å². The number of aliphatic hydroxyl groups is 1. The Morgan fingerprint density at radius 2 is 1.85 bits per heavy atom. The molecule has 0 aromatic rings. The number of hydrogen-bond donors (Lipinski definition) is 1. The highest BCUT2D eigenvalue weighted by atomic mass is 16.6. The molecule has 0 aliphatic heterocycles. The molecule has 1 aliphatic carbocycles. The largest absolute Gasteiger partial charge is 0.379 e. The molecule has 1 aliphatic rings. The van der Waals surface area contributed by atoms with Crippen LogP contribution in [-0.2, 0) is 14.2 Å². The van der Waals surface area contributed by atoms with Crippen molar-refractivity contribution in [3.63, 3.8) is 0 Å². The minimum Gasteiger partial charge on any atom is -0.379 e. The number of hydrogen-bond acceptors (Lipinski definition) is 4. The zero-order chi connectivity index (χ0) is 15.1. The fourth-order valence-corrected chi connectivity index (χ4v) is 2.82. The lowest BCUT2D eigenvalue weighted by atomic mass is 9.85. The van der Waals surface area contributed by atoms with Crippen molar-refractivity contribution in [1.82, 2.24) is 0 Å². The monoisotopic (exact) mass is 286 g/mol. The van der Waals surface area contributed by atoms with Crippen molar-refractivity contribution < 1.29 is 19.3 Å². The van der Waals surface area contributed by atoms with E-state index in [1.54, 1.807) is 14.2 Å². The van der Waals surface area contributed by atoms with Crippen molar-refractivity contribution in [3.05, 3.63) is 12.2 Å². The topological polar surface area (TPSA) is 47.9 Å². The molecule has 0 aromatic heterocycles. The first-order chi connectivity index (χ1) is 9.47. The molecule has 1 N–H and O–H groups in total. The van der Waals surface area contributed by atoms with E-state index in [1.807, 2.05) is 0 Å². The molecule has 1 rings (SSSR count). The Hall–Kier alpha value is -0.420. The van der Waals surface area contributed by atoms with E-state index in [1.165, 1.54) is 0 Å². The molecule has 0 saturated heterocycles. The lowest BCUT2D eigenvalue weighted by Gasteiger charge is -2.34. The lowest BCUT2D eigenvalue weighted by Crippen LogP contribution is -2.38. The fraction of sp³-hybridized carbons (Fsp3) is 0.875. The zero-order valence-corrected chi connectivity index (χ0v) is 13.3. The van der Waals surface area contributed by atoms with Crippen LogP contribution < -0.4 is 0 Å². The summed E-state index contributed by atoms with van der Waals surface area (Å²) in [5.74, 6) is 0.892. The number of methoxy groups -OCH3 is 2. The third kappa shape index (κ3) is 5.52. The summed E-state index contributed by atoms with van der Waals surface area (Å²) < 4.78 is 16.5. The van der Waals surface area contributed by atoms with Crippen molar-refractivity contribution in [1.29, 1.82) is 0 Å². The Balaban J connectivity index is 2.33. The predicted molar refractivity (Wildman–Crippen MR) is 79.5 cm³/mol. The molecule has 0 radical (unpaired) electrons. The van der Waals surface area contributed by atoms with Crippen molar-refractivity contribution >= 4 is 0 Å². The molecule has 20 heavy (non-hydrogen) atoms. The summed E-state index contributed by atoms with van der Waals surface area (Å²) in [7, 11) is 3.45. The Kier molecular flexibility index (Phi) is 7.74. The lowest BCUT2D eigenvalue weighted by molar-refractivity contribution is -0.113. The SMILES string of the molecule is C=C(CC(C)C)C(O)OCC1CCC(OC)C(OC)C1. The normalized spacial score (nSPS) is 28.6. The summed E-state index contributed by atoms with van der Waals surface area (Å²) in [4.78, 5) is 0. The molecule has 0 aromatic carbocycles. The Labute approximate surface area is 123 Å². The molecule has 0 amide bonds. The summed E-state index contributed by atoms with van der Waals surface area (Å²) in [5.41, 5.74) is 0.758. The third-order valence-electron chi connectivity index (χ3n) is 3.95. The first kappa shape index (κ1) is 17.6. The van der Waals surface area contributed by atoms with Gasteiger partial charge in [0.05, 0.1) is 18.8 Å². The van der Waals surface area contributed by atoms with Gasteiger partial charge in [0.2, 0.25) is 0 Å². The van der Waals surface area contributed by atoms with E-state index in [2.05, 4.69) is 20.4 Å². The standard InChI is InChI=1S/C16H30O4/c1-11(2)8-12(3)16(17)20-10-13-6-7-14(18-4)15(9-13)19-5/h11,13-17H,3,6-10H2,1-2,4-5H3. The molecule has 0 bridgehead atoms. The number of rotatable bonds is 8. The highest BCUT2D eigenvalue weighted by Gasteiger charge is 2.31. The van der Waals surface area contributed by atoms with Crippen LogP contribution in [0.3, 0.4) is 0 Å². The van der Waals surface area contributed by atoms with Crippen LogP contribution in [0.1, 0.15) is 39.5 Å². The van der Waals surface area contributed by atoms with Gasteiger partial charge >= 0.3 is 0 Å². The Morgan fingerprint density at radius 1 is 1.20 bits per heavy atom. The summed E-state index contributed by atoms with van der Waals surface area (Å²) in [5, 5.41) is 9.94. The molecule has 4 nitrogen and oxygen atoms in total. The maximum absolute atomic E-state index is 9.94. The van der Waals surface area contributed by atoms with E-state index < -0.39 is 6.29 Å². The van der Waals surface area contributed by atoms with Crippen molar-refractivity contribution in [2.45, 2.75) is 58.0 Å². The molecular formula is C16H30O4. The molecule has 4 heteroatoms. The van der Waals surface area contributed by atoms with Crippen LogP contribution in [0.4, 0.5) is 0 Å². The van der Waals surface area contributed by atoms with Gasteiger partial charge in [-0.3, -0.25) is 0 Å². The molecule has 1 saturated carbocycles. The highest BCUT2D eigenvalue weighted by molar-refractivity contribution is 4.98. The van der Waals surface area contributed by atoms with Crippen LogP contribution in [0.5, 0.6) is 0 Å². The summed E-state index contributed by atoms with van der Waals surface area (Å²) >= 11 is 0. The molecule has 4 atom stereocenters.